The van der Waals surface area contributed by atoms with Crippen molar-refractivity contribution >= 4 is 58.1 Å². The first-order valence-corrected chi connectivity index (χ1v) is 11.7. The Kier molecular flexibility index (Phi) is 7.17. The molecule has 0 spiro atoms. The Morgan fingerprint density at radius 2 is 1.97 bits per heavy atom. The number of methoxy groups -OCH3 is 1. The maximum atomic E-state index is 12.8. The fourth-order valence-electron chi connectivity index (χ4n) is 3.14. The lowest BCUT2D eigenvalue weighted by Gasteiger charge is -2.13. The van der Waals surface area contributed by atoms with Gasteiger partial charge in [-0.05, 0) is 66.1 Å². The fraction of sp³-hybridized carbons (Fsp3) is 0.261. The Labute approximate surface area is 205 Å². The molecule has 10 heteroatoms. The van der Waals surface area contributed by atoms with Gasteiger partial charge >= 0.3 is 0 Å². The molecule has 1 aliphatic heterocycles. The van der Waals surface area contributed by atoms with Gasteiger partial charge in [0.1, 0.15) is 0 Å². The highest BCUT2D eigenvalue weighted by Crippen LogP contribution is 2.36. The first-order valence-electron chi connectivity index (χ1n) is 10.1. The first kappa shape index (κ1) is 23.5. The molecular formula is C23H20Cl2N2O5S. The van der Waals surface area contributed by atoms with Crippen LogP contribution in [0.5, 0.6) is 11.5 Å². The summed E-state index contributed by atoms with van der Waals surface area (Å²) in [6.45, 7) is -0.0601. The molecule has 2 aromatic carbocycles. The van der Waals surface area contributed by atoms with E-state index in [0.29, 0.717) is 32.7 Å². The zero-order valence-corrected chi connectivity index (χ0v) is 19.9. The molecule has 2 aliphatic rings. The fourth-order valence-corrected chi connectivity index (χ4v) is 4.45. The molecule has 172 valence electrons. The summed E-state index contributed by atoms with van der Waals surface area (Å²) in [4.78, 5) is 38.6. The highest BCUT2D eigenvalue weighted by atomic mass is 35.5. The van der Waals surface area contributed by atoms with E-state index >= 15 is 0 Å². The van der Waals surface area contributed by atoms with E-state index in [1.54, 1.807) is 42.5 Å². The van der Waals surface area contributed by atoms with Crippen LogP contribution in [0.4, 0.5) is 4.79 Å². The lowest BCUT2D eigenvalue weighted by molar-refractivity contribution is -0.124. The summed E-state index contributed by atoms with van der Waals surface area (Å²) in [7, 11) is 1.49. The lowest BCUT2D eigenvalue weighted by atomic mass is 10.1. The monoisotopic (exact) mass is 506 g/mol. The quantitative estimate of drug-likeness (QED) is 0.512. The molecule has 0 unspecified atom stereocenters. The van der Waals surface area contributed by atoms with E-state index in [4.69, 9.17) is 32.7 Å². The number of amides is 3. The average Bonchev–Trinajstić information content (AvgIpc) is 3.56. The summed E-state index contributed by atoms with van der Waals surface area (Å²) in [6, 6.07) is 10.2. The molecule has 1 heterocycles. The molecule has 3 amide bonds. The highest BCUT2D eigenvalue weighted by molar-refractivity contribution is 8.18. The van der Waals surface area contributed by atoms with Crippen LogP contribution in [-0.4, -0.2) is 41.7 Å². The topological polar surface area (TPSA) is 84.9 Å². The number of nitrogens with one attached hydrogen (secondary N) is 1. The van der Waals surface area contributed by atoms with E-state index < -0.39 is 5.91 Å². The smallest absolute Gasteiger partial charge is 0.293 e. The number of hydrogen-bond donors (Lipinski definition) is 1. The number of carbonyl (C=O) groups is 3. The SMILES string of the molecule is COc1cc(/C=C2\SC(=O)N(Cc3ccc(Cl)cc3Cl)C2=O)ccc1OCC(=O)NC1CC1. The summed E-state index contributed by atoms with van der Waals surface area (Å²) in [5.74, 6) is 0.228. The summed E-state index contributed by atoms with van der Waals surface area (Å²) in [5.41, 5.74) is 1.27. The van der Waals surface area contributed by atoms with Crippen molar-refractivity contribution in [1.82, 2.24) is 10.2 Å². The summed E-state index contributed by atoms with van der Waals surface area (Å²) < 4.78 is 10.9. The minimum atomic E-state index is -0.410. The normalized spacial score (nSPS) is 16.9. The van der Waals surface area contributed by atoms with Crippen LogP contribution < -0.4 is 14.8 Å². The van der Waals surface area contributed by atoms with Gasteiger partial charge in [0, 0.05) is 16.1 Å². The van der Waals surface area contributed by atoms with Crippen molar-refractivity contribution in [2.75, 3.05) is 13.7 Å². The molecule has 1 saturated heterocycles. The molecule has 2 fully saturated rings. The molecule has 0 radical (unpaired) electrons. The minimum Gasteiger partial charge on any atom is -0.493 e. The molecule has 0 atom stereocenters. The molecule has 4 rings (SSSR count). The largest absolute Gasteiger partial charge is 0.493 e. The number of ether oxygens (including phenoxy) is 2. The van der Waals surface area contributed by atoms with Gasteiger partial charge in [-0.15, -0.1) is 0 Å². The summed E-state index contributed by atoms with van der Waals surface area (Å²) in [5, 5.41) is 3.33. The predicted octanol–water partition coefficient (Wildman–Crippen LogP) is 4.90. The van der Waals surface area contributed by atoms with Crippen LogP contribution >= 0.6 is 35.0 Å². The van der Waals surface area contributed by atoms with Crippen molar-refractivity contribution in [1.29, 1.82) is 0 Å². The Morgan fingerprint density at radius 1 is 1.18 bits per heavy atom. The Balaban J connectivity index is 1.45. The van der Waals surface area contributed by atoms with Gasteiger partial charge in [0.05, 0.1) is 18.6 Å². The van der Waals surface area contributed by atoms with E-state index in [2.05, 4.69) is 5.32 Å². The average molecular weight is 507 g/mol. The zero-order chi connectivity index (χ0) is 23.5. The van der Waals surface area contributed by atoms with E-state index in [1.807, 2.05) is 0 Å². The maximum absolute atomic E-state index is 12.8. The van der Waals surface area contributed by atoms with Crippen LogP contribution in [0.25, 0.3) is 6.08 Å². The second-order valence-corrected chi connectivity index (χ2v) is 9.38. The van der Waals surface area contributed by atoms with Gasteiger partial charge in [0.2, 0.25) is 0 Å². The van der Waals surface area contributed by atoms with Gasteiger partial charge in [0.25, 0.3) is 17.1 Å². The van der Waals surface area contributed by atoms with Crippen molar-refractivity contribution in [2.45, 2.75) is 25.4 Å². The number of nitrogens with zero attached hydrogens (tertiary/aromatic N) is 1. The van der Waals surface area contributed by atoms with E-state index in [0.717, 1.165) is 29.5 Å². The number of hydrogen-bond acceptors (Lipinski definition) is 6. The van der Waals surface area contributed by atoms with Crippen LogP contribution in [0.15, 0.2) is 41.3 Å². The van der Waals surface area contributed by atoms with Crippen molar-refractivity contribution in [3.05, 3.63) is 62.5 Å². The van der Waals surface area contributed by atoms with Gasteiger partial charge in [-0.3, -0.25) is 19.3 Å². The van der Waals surface area contributed by atoms with Gasteiger partial charge in [0.15, 0.2) is 18.1 Å². The summed E-state index contributed by atoms with van der Waals surface area (Å²) in [6.07, 6.45) is 3.62. The second kappa shape index (κ2) is 10.1. The molecule has 0 aromatic heterocycles. The molecule has 33 heavy (non-hydrogen) atoms. The van der Waals surface area contributed by atoms with Crippen LogP contribution in [0.2, 0.25) is 10.0 Å². The van der Waals surface area contributed by atoms with Crippen LogP contribution in [0.3, 0.4) is 0 Å². The molecule has 2 aromatic rings. The minimum absolute atomic E-state index is 0.0526. The molecule has 0 bridgehead atoms. The first-order chi connectivity index (χ1) is 15.8. The van der Waals surface area contributed by atoms with Crippen LogP contribution in [-0.2, 0) is 16.1 Å². The number of benzene rings is 2. The molecule has 7 nitrogen and oxygen atoms in total. The number of thioether (sulfide) groups is 1. The Bertz CT molecular complexity index is 1150. The molecular weight excluding hydrogens is 487 g/mol. The standard InChI is InChI=1S/C23H20Cl2N2O5S/c1-31-19-8-13(2-7-18(19)32-12-21(28)26-16-5-6-16)9-20-22(29)27(23(30)33-20)11-14-3-4-15(24)10-17(14)25/h2-4,7-10,16H,5-6,11-12H2,1H3,(H,26,28)/b20-9-. The van der Waals surface area contributed by atoms with Gasteiger partial charge in [-0.25, -0.2) is 0 Å². The third kappa shape index (κ3) is 5.82. The number of rotatable bonds is 8. The third-order valence-corrected chi connectivity index (χ3v) is 6.50. The number of imide groups is 1. The molecule has 1 saturated carbocycles. The van der Waals surface area contributed by atoms with Crippen molar-refractivity contribution < 1.29 is 23.9 Å². The van der Waals surface area contributed by atoms with E-state index in [1.165, 1.54) is 7.11 Å². The predicted molar refractivity (Wildman–Crippen MR) is 128 cm³/mol. The zero-order valence-electron chi connectivity index (χ0n) is 17.6. The lowest BCUT2D eigenvalue weighted by Crippen LogP contribution is -2.30. The van der Waals surface area contributed by atoms with E-state index in [-0.39, 0.29) is 35.2 Å². The van der Waals surface area contributed by atoms with Gasteiger partial charge < -0.3 is 14.8 Å². The highest BCUT2D eigenvalue weighted by Gasteiger charge is 2.35. The molecule has 1 aliphatic carbocycles. The van der Waals surface area contributed by atoms with Gasteiger partial charge in [-0.1, -0.05) is 35.3 Å². The third-order valence-electron chi connectivity index (χ3n) is 5.00. The van der Waals surface area contributed by atoms with Crippen LogP contribution in [0.1, 0.15) is 24.0 Å². The summed E-state index contributed by atoms with van der Waals surface area (Å²) >= 11 is 13.0. The Hall–Kier alpha value is -2.68. The van der Waals surface area contributed by atoms with Gasteiger partial charge in [-0.2, -0.15) is 0 Å². The van der Waals surface area contributed by atoms with E-state index in [9.17, 15) is 14.4 Å². The number of carbonyl (C=O) groups excluding carboxylic acids is 3. The molecule has 1 N–H and O–H groups in total. The van der Waals surface area contributed by atoms with Crippen molar-refractivity contribution in [3.63, 3.8) is 0 Å². The van der Waals surface area contributed by atoms with Crippen LogP contribution in [0, 0.1) is 0 Å². The second-order valence-electron chi connectivity index (χ2n) is 7.54. The van der Waals surface area contributed by atoms with Crippen molar-refractivity contribution in [2.24, 2.45) is 0 Å². The Morgan fingerprint density at radius 3 is 2.67 bits per heavy atom. The maximum Gasteiger partial charge on any atom is 0.293 e. The van der Waals surface area contributed by atoms with Crippen molar-refractivity contribution in [3.8, 4) is 11.5 Å². The number of halogens is 2.